The van der Waals surface area contributed by atoms with Crippen LogP contribution in [0.4, 0.5) is 0 Å². The van der Waals surface area contributed by atoms with Gasteiger partial charge in [-0.3, -0.25) is 0 Å². The summed E-state index contributed by atoms with van der Waals surface area (Å²) in [6.45, 7) is 5.50. The molecule has 1 aliphatic carbocycles. The van der Waals surface area contributed by atoms with E-state index in [2.05, 4.69) is 44.3 Å². The zero-order chi connectivity index (χ0) is 10.1. The van der Waals surface area contributed by atoms with Crippen molar-refractivity contribution in [2.24, 2.45) is 0 Å². The van der Waals surface area contributed by atoms with Crippen molar-refractivity contribution in [2.45, 2.75) is 34.5 Å². The van der Waals surface area contributed by atoms with E-state index in [4.69, 9.17) is 0 Å². The van der Waals surface area contributed by atoms with Crippen LogP contribution in [-0.2, 0) is 6.42 Å². The van der Waals surface area contributed by atoms with Crippen LogP contribution >= 0.6 is 0 Å². The van der Waals surface area contributed by atoms with Gasteiger partial charge in [-0.05, 0) is 17.5 Å². The summed E-state index contributed by atoms with van der Waals surface area (Å²) in [7, 11) is 4.50. The minimum Gasteiger partial charge on any atom is -0.0999 e. The van der Waals surface area contributed by atoms with Crippen molar-refractivity contribution in [3.63, 3.8) is 0 Å². The summed E-state index contributed by atoms with van der Waals surface area (Å²) in [6.07, 6.45) is 5.50. The van der Waals surface area contributed by atoms with Gasteiger partial charge in [0.15, 0.2) is 0 Å². The summed E-state index contributed by atoms with van der Waals surface area (Å²) in [4.78, 5) is 0. The molecule has 14 heavy (non-hydrogen) atoms. The molecule has 76 valence electrons. The second-order valence-electron chi connectivity index (χ2n) is 2.31. The van der Waals surface area contributed by atoms with Crippen molar-refractivity contribution in [3.8, 4) is 0 Å². The fourth-order valence-corrected chi connectivity index (χ4v) is 1.20. The highest BCUT2D eigenvalue weighted by Gasteiger charge is 2.00. The highest BCUT2D eigenvalue weighted by molar-refractivity contribution is 6.05. The van der Waals surface area contributed by atoms with Gasteiger partial charge in [0.05, 0.1) is 7.85 Å². The molecule has 1 aliphatic rings. The van der Waals surface area contributed by atoms with E-state index in [1.165, 1.54) is 17.9 Å². The second kappa shape index (κ2) is 10.1. The van der Waals surface area contributed by atoms with Crippen LogP contribution in [0, 0.1) is 0 Å². The van der Waals surface area contributed by atoms with Gasteiger partial charge in [0.2, 0.25) is 0 Å². The molecular formula is C13H21B. The van der Waals surface area contributed by atoms with Crippen LogP contribution in [0.1, 0.15) is 32.4 Å². The maximum Gasteiger partial charge on any atom is 0.0606 e. The number of fused-ring (bicyclic) bond motifs is 1. The number of allylic oxidation sites excluding steroid dienone is 1. The zero-order valence-corrected chi connectivity index (χ0v) is 8.75. The lowest BCUT2D eigenvalue weighted by molar-refractivity contribution is 1.31. The number of rotatable bonds is 0. The van der Waals surface area contributed by atoms with Gasteiger partial charge in [-0.25, -0.2) is 0 Å². The molecule has 0 heterocycles. The lowest BCUT2D eigenvalue weighted by Crippen LogP contribution is -1.76. The minimum absolute atomic E-state index is 0. The molecule has 0 N–H and O–H groups in total. The van der Waals surface area contributed by atoms with Gasteiger partial charge in [0, 0.05) is 0 Å². The Morgan fingerprint density at radius 3 is 2.21 bits per heavy atom. The molecule has 1 aromatic rings. The molecule has 1 heteroatoms. The number of benzene rings is 1. The molecule has 0 bridgehead atoms. The summed E-state index contributed by atoms with van der Waals surface area (Å²) in [5, 5.41) is 0. The standard InChI is InChI=1S/C9H8.C2H6.CH3B.CH4/c1-2-5-9-7-3-6-8(9)4-1;2*1-2;/h1-6H,7H2;1-2H3;1H3;1H4. The maximum atomic E-state index is 4.50. The molecule has 0 saturated carbocycles. The third kappa shape index (κ3) is 4.31. The summed E-state index contributed by atoms with van der Waals surface area (Å²) >= 11 is 0. The molecule has 0 aliphatic heterocycles. The Balaban J connectivity index is 0. The maximum absolute atomic E-state index is 4.50. The van der Waals surface area contributed by atoms with E-state index in [0.717, 1.165) is 6.42 Å². The Hall–Kier alpha value is -0.975. The molecule has 2 radical (unpaired) electrons. The smallest absolute Gasteiger partial charge is 0.0606 e. The average Bonchev–Trinajstić information content (AvgIpc) is 2.71. The third-order valence-electron chi connectivity index (χ3n) is 1.69. The van der Waals surface area contributed by atoms with Gasteiger partial charge in [0.25, 0.3) is 0 Å². The SMILES string of the molecule is C.C1=Cc2ccccc2C1.CC.[B]C. The van der Waals surface area contributed by atoms with Crippen LogP contribution in [0.15, 0.2) is 30.3 Å². The summed E-state index contributed by atoms with van der Waals surface area (Å²) in [6, 6.07) is 8.49. The fourth-order valence-electron chi connectivity index (χ4n) is 1.20. The van der Waals surface area contributed by atoms with E-state index in [9.17, 15) is 0 Å². The van der Waals surface area contributed by atoms with Crippen molar-refractivity contribution in [3.05, 3.63) is 41.5 Å². The molecule has 0 unspecified atom stereocenters. The lowest BCUT2D eigenvalue weighted by atomic mass is 10.1. The second-order valence-corrected chi connectivity index (χ2v) is 2.31. The Morgan fingerprint density at radius 2 is 1.64 bits per heavy atom. The molecule has 0 nitrogen and oxygen atoms in total. The van der Waals surface area contributed by atoms with Crippen molar-refractivity contribution in [2.75, 3.05) is 0 Å². The van der Waals surface area contributed by atoms with Crippen LogP contribution in [0.25, 0.3) is 6.08 Å². The molecule has 0 saturated heterocycles. The van der Waals surface area contributed by atoms with Crippen molar-refractivity contribution < 1.29 is 0 Å². The lowest BCUT2D eigenvalue weighted by Gasteiger charge is -1.93. The average molecular weight is 188 g/mol. The molecule has 0 amide bonds. The first-order valence-electron chi connectivity index (χ1n) is 4.79. The normalized spacial score (nSPS) is 9.64. The van der Waals surface area contributed by atoms with Crippen LogP contribution < -0.4 is 0 Å². The first-order chi connectivity index (χ1) is 6.47. The predicted molar refractivity (Wildman–Crippen MR) is 68.9 cm³/mol. The van der Waals surface area contributed by atoms with E-state index in [0.29, 0.717) is 0 Å². The first-order valence-corrected chi connectivity index (χ1v) is 4.79. The van der Waals surface area contributed by atoms with E-state index >= 15 is 0 Å². The summed E-state index contributed by atoms with van der Waals surface area (Å²) in [5.74, 6) is 0. The van der Waals surface area contributed by atoms with Crippen LogP contribution in [0.2, 0.25) is 6.82 Å². The Bertz CT molecular complexity index is 251. The van der Waals surface area contributed by atoms with Gasteiger partial charge < -0.3 is 0 Å². The van der Waals surface area contributed by atoms with Crippen molar-refractivity contribution in [1.82, 2.24) is 0 Å². The fraction of sp³-hybridized carbons (Fsp3) is 0.385. The third-order valence-corrected chi connectivity index (χ3v) is 1.69. The van der Waals surface area contributed by atoms with E-state index in [-0.39, 0.29) is 7.43 Å². The van der Waals surface area contributed by atoms with Gasteiger partial charge in [-0.2, -0.15) is 0 Å². The molecule has 0 fully saturated rings. The van der Waals surface area contributed by atoms with Gasteiger partial charge in [-0.15, -0.1) is 0 Å². The zero-order valence-electron chi connectivity index (χ0n) is 8.75. The van der Waals surface area contributed by atoms with Crippen molar-refractivity contribution in [1.29, 1.82) is 0 Å². The van der Waals surface area contributed by atoms with Crippen LogP contribution in [0.5, 0.6) is 0 Å². The Kier molecular flexibility index (Phi) is 11.2. The van der Waals surface area contributed by atoms with Crippen LogP contribution in [-0.4, -0.2) is 7.85 Å². The monoisotopic (exact) mass is 188 g/mol. The molecular weight excluding hydrogens is 167 g/mol. The molecule has 0 spiro atoms. The van der Waals surface area contributed by atoms with E-state index in [1.807, 2.05) is 13.8 Å². The van der Waals surface area contributed by atoms with E-state index < -0.39 is 0 Å². The largest absolute Gasteiger partial charge is 0.0999 e. The first kappa shape index (κ1) is 15.5. The molecule has 2 rings (SSSR count). The molecule has 0 aromatic heterocycles. The Morgan fingerprint density at radius 1 is 1.07 bits per heavy atom. The quantitative estimate of drug-likeness (QED) is 0.537. The topological polar surface area (TPSA) is 0 Å². The minimum atomic E-state index is 0. The number of hydrogen-bond acceptors (Lipinski definition) is 0. The van der Waals surface area contributed by atoms with E-state index in [1.54, 1.807) is 0 Å². The van der Waals surface area contributed by atoms with Gasteiger partial charge in [0.1, 0.15) is 0 Å². The number of hydrogen-bond donors (Lipinski definition) is 0. The highest BCUT2D eigenvalue weighted by atomic mass is 14.0. The van der Waals surface area contributed by atoms with Crippen molar-refractivity contribution >= 4 is 13.9 Å². The predicted octanol–water partition coefficient (Wildman–Crippen LogP) is 4.12. The summed E-state index contributed by atoms with van der Waals surface area (Å²) < 4.78 is 0. The summed E-state index contributed by atoms with van der Waals surface area (Å²) in [5.41, 5.74) is 2.84. The van der Waals surface area contributed by atoms with Crippen LogP contribution in [0.3, 0.4) is 0 Å². The highest BCUT2D eigenvalue weighted by Crippen LogP contribution is 2.17. The molecule has 0 atom stereocenters. The molecule has 1 aromatic carbocycles. The van der Waals surface area contributed by atoms with Gasteiger partial charge in [-0.1, -0.05) is 64.5 Å². The Labute approximate surface area is 90.5 Å². The van der Waals surface area contributed by atoms with Gasteiger partial charge >= 0.3 is 0 Å².